The fraction of sp³-hybridized carbons (Fsp3) is 0.300. The van der Waals surface area contributed by atoms with Crippen LogP contribution in [0, 0.1) is 0 Å². The van der Waals surface area contributed by atoms with Gasteiger partial charge in [0, 0.05) is 0 Å². The zero-order valence-corrected chi connectivity index (χ0v) is 9.80. The predicted octanol–water partition coefficient (Wildman–Crippen LogP) is 3.31. The van der Waals surface area contributed by atoms with Crippen LogP contribution in [0.5, 0.6) is 0 Å². The molecule has 0 bridgehead atoms. The van der Waals surface area contributed by atoms with Crippen LogP contribution in [0.2, 0.25) is 0 Å². The van der Waals surface area contributed by atoms with Crippen molar-refractivity contribution >= 4 is 21.9 Å². The SMILES string of the molecule is COC(=O)C(Br)c1cccc(C(F)(F)F)c1. The van der Waals surface area contributed by atoms with Crippen molar-refractivity contribution in [2.24, 2.45) is 0 Å². The van der Waals surface area contributed by atoms with Gasteiger partial charge in [-0.15, -0.1) is 0 Å². The summed E-state index contributed by atoms with van der Waals surface area (Å²) >= 11 is 2.97. The van der Waals surface area contributed by atoms with E-state index in [2.05, 4.69) is 20.7 Å². The van der Waals surface area contributed by atoms with E-state index in [4.69, 9.17) is 0 Å². The van der Waals surface area contributed by atoms with Crippen molar-refractivity contribution < 1.29 is 22.7 Å². The van der Waals surface area contributed by atoms with Crippen molar-refractivity contribution in [3.8, 4) is 0 Å². The molecular formula is C10H8BrF3O2. The Morgan fingerprint density at radius 1 is 1.44 bits per heavy atom. The Morgan fingerprint density at radius 2 is 2.06 bits per heavy atom. The quantitative estimate of drug-likeness (QED) is 0.618. The Morgan fingerprint density at radius 3 is 2.56 bits per heavy atom. The van der Waals surface area contributed by atoms with Crippen molar-refractivity contribution in [1.29, 1.82) is 0 Å². The average molecular weight is 297 g/mol. The van der Waals surface area contributed by atoms with Crippen molar-refractivity contribution in [1.82, 2.24) is 0 Å². The molecule has 1 aromatic carbocycles. The molecule has 0 amide bonds. The number of halogens is 4. The van der Waals surface area contributed by atoms with Gasteiger partial charge in [0.05, 0.1) is 12.7 Å². The molecule has 16 heavy (non-hydrogen) atoms. The molecule has 0 aliphatic heterocycles. The number of carbonyl (C=O) groups is 1. The van der Waals surface area contributed by atoms with E-state index in [1.807, 2.05) is 0 Å². The minimum absolute atomic E-state index is 0.210. The van der Waals surface area contributed by atoms with E-state index in [-0.39, 0.29) is 5.56 Å². The predicted molar refractivity (Wildman–Crippen MR) is 55.1 cm³/mol. The minimum atomic E-state index is -4.42. The average Bonchev–Trinajstić information content (AvgIpc) is 2.26. The molecular weight excluding hydrogens is 289 g/mol. The van der Waals surface area contributed by atoms with Crippen LogP contribution in [0.15, 0.2) is 24.3 Å². The molecule has 1 atom stereocenters. The van der Waals surface area contributed by atoms with Crippen LogP contribution >= 0.6 is 15.9 Å². The molecule has 0 heterocycles. The zero-order valence-electron chi connectivity index (χ0n) is 8.22. The van der Waals surface area contributed by atoms with E-state index in [1.54, 1.807) is 0 Å². The van der Waals surface area contributed by atoms with E-state index in [0.717, 1.165) is 12.1 Å². The van der Waals surface area contributed by atoms with Gasteiger partial charge >= 0.3 is 12.1 Å². The molecule has 0 spiro atoms. The molecule has 0 aliphatic rings. The number of alkyl halides is 4. The lowest BCUT2D eigenvalue weighted by Crippen LogP contribution is -2.10. The summed E-state index contributed by atoms with van der Waals surface area (Å²) in [7, 11) is 1.17. The molecule has 0 aliphatic carbocycles. The monoisotopic (exact) mass is 296 g/mol. The maximum atomic E-state index is 12.4. The van der Waals surface area contributed by atoms with Gasteiger partial charge in [-0.3, -0.25) is 4.79 Å². The van der Waals surface area contributed by atoms with Crippen molar-refractivity contribution in [2.45, 2.75) is 11.0 Å². The standard InChI is InChI=1S/C10H8BrF3O2/c1-16-9(15)8(11)6-3-2-4-7(5-6)10(12,13)14/h2-5,8H,1H3. The van der Waals surface area contributed by atoms with Crippen molar-refractivity contribution in [3.63, 3.8) is 0 Å². The van der Waals surface area contributed by atoms with Gasteiger partial charge < -0.3 is 4.74 Å². The molecule has 0 saturated heterocycles. The highest BCUT2D eigenvalue weighted by Gasteiger charge is 2.31. The van der Waals surface area contributed by atoms with Crippen molar-refractivity contribution in [3.05, 3.63) is 35.4 Å². The molecule has 88 valence electrons. The van der Waals surface area contributed by atoms with Crippen LogP contribution in [0.1, 0.15) is 16.0 Å². The number of methoxy groups -OCH3 is 1. The van der Waals surface area contributed by atoms with Gasteiger partial charge in [-0.25, -0.2) is 0 Å². The Labute approximate surface area is 98.5 Å². The van der Waals surface area contributed by atoms with E-state index in [0.29, 0.717) is 0 Å². The molecule has 0 aromatic heterocycles. The van der Waals surface area contributed by atoms with E-state index in [9.17, 15) is 18.0 Å². The number of hydrogen-bond donors (Lipinski definition) is 0. The van der Waals surface area contributed by atoms with E-state index >= 15 is 0 Å². The molecule has 1 unspecified atom stereocenters. The third kappa shape index (κ3) is 2.98. The van der Waals surface area contributed by atoms with Gasteiger partial charge in [-0.1, -0.05) is 34.1 Å². The van der Waals surface area contributed by atoms with E-state index < -0.39 is 22.5 Å². The highest BCUT2D eigenvalue weighted by molar-refractivity contribution is 9.09. The number of hydrogen-bond acceptors (Lipinski definition) is 2. The highest BCUT2D eigenvalue weighted by Crippen LogP contribution is 2.32. The summed E-state index contributed by atoms with van der Waals surface area (Å²) in [5, 5.41) is 0. The number of rotatable bonds is 2. The second kappa shape index (κ2) is 4.86. The van der Waals surface area contributed by atoms with Gasteiger partial charge in [0.1, 0.15) is 4.83 Å². The number of benzene rings is 1. The molecule has 1 rings (SSSR count). The lowest BCUT2D eigenvalue weighted by molar-refractivity contribution is -0.140. The zero-order chi connectivity index (χ0) is 12.3. The molecule has 1 aromatic rings. The Hall–Kier alpha value is -1.04. The Kier molecular flexibility index (Phi) is 3.96. The maximum Gasteiger partial charge on any atom is 0.416 e. The first-order valence-electron chi connectivity index (χ1n) is 4.25. The van der Waals surface area contributed by atoms with Gasteiger partial charge in [-0.2, -0.15) is 13.2 Å². The number of esters is 1. The highest BCUT2D eigenvalue weighted by atomic mass is 79.9. The van der Waals surface area contributed by atoms with Gasteiger partial charge in [-0.05, 0) is 11.6 Å². The summed E-state index contributed by atoms with van der Waals surface area (Å²) in [4.78, 5) is 10.2. The smallest absolute Gasteiger partial charge is 0.416 e. The second-order valence-electron chi connectivity index (χ2n) is 3.01. The van der Waals surface area contributed by atoms with Crippen LogP contribution in [-0.4, -0.2) is 13.1 Å². The summed E-state index contributed by atoms with van der Waals surface area (Å²) < 4.78 is 41.6. The molecule has 6 heteroatoms. The molecule has 0 radical (unpaired) electrons. The van der Waals surface area contributed by atoms with Gasteiger partial charge in [0.2, 0.25) is 0 Å². The third-order valence-corrected chi connectivity index (χ3v) is 2.82. The largest absolute Gasteiger partial charge is 0.468 e. The summed E-state index contributed by atoms with van der Waals surface area (Å²) in [5.74, 6) is -0.640. The normalized spacial score (nSPS) is 13.3. The summed E-state index contributed by atoms with van der Waals surface area (Å²) in [5.41, 5.74) is -0.583. The van der Waals surface area contributed by atoms with Crippen LogP contribution < -0.4 is 0 Å². The molecule has 0 fully saturated rings. The summed E-state index contributed by atoms with van der Waals surface area (Å²) in [6.07, 6.45) is -4.42. The fourth-order valence-corrected chi connectivity index (χ4v) is 1.58. The number of carbonyl (C=O) groups excluding carboxylic acids is 1. The maximum absolute atomic E-state index is 12.4. The lowest BCUT2D eigenvalue weighted by Gasteiger charge is -2.11. The first kappa shape index (κ1) is 13.0. The minimum Gasteiger partial charge on any atom is -0.468 e. The molecule has 0 saturated carbocycles. The Balaban J connectivity index is 3.04. The topological polar surface area (TPSA) is 26.3 Å². The van der Waals surface area contributed by atoms with Crippen LogP contribution in [0.3, 0.4) is 0 Å². The van der Waals surface area contributed by atoms with E-state index in [1.165, 1.54) is 19.2 Å². The molecule has 2 nitrogen and oxygen atoms in total. The van der Waals surface area contributed by atoms with Crippen LogP contribution in [-0.2, 0) is 15.7 Å². The second-order valence-corrected chi connectivity index (χ2v) is 3.92. The number of ether oxygens (including phenoxy) is 1. The van der Waals surface area contributed by atoms with Gasteiger partial charge in [0.15, 0.2) is 0 Å². The van der Waals surface area contributed by atoms with Crippen molar-refractivity contribution in [2.75, 3.05) is 7.11 Å². The fourth-order valence-electron chi connectivity index (χ4n) is 1.11. The van der Waals surface area contributed by atoms with Crippen LogP contribution in [0.25, 0.3) is 0 Å². The van der Waals surface area contributed by atoms with Crippen LogP contribution in [0.4, 0.5) is 13.2 Å². The van der Waals surface area contributed by atoms with Gasteiger partial charge in [0.25, 0.3) is 0 Å². The summed E-state index contributed by atoms with van der Waals surface area (Å²) in [6.45, 7) is 0. The lowest BCUT2D eigenvalue weighted by atomic mass is 10.1. The Bertz CT molecular complexity index is 390. The first-order chi connectivity index (χ1) is 7.36. The first-order valence-corrected chi connectivity index (χ1v) is 5.17. The third-order valence-electron chi connectivity index (χ3n) is 1.91. The summed E-state index contributed by atoms with van der Waals surface area (Å²) in [6, 6.07) is 4.53. The molecule has 0 N–H and O–H groups in total.